The normalized spacial score (nSPS) is 12.6. The van der Waals surface area contributed by atoms with E-state index in [1.54, 1.807) is 37.3 Å². The molecule has 0 spiro atoms. The molecule has 0 saturated heterocycles. The lowest BCUT2D eigenvalue weighted by atomic mass is 10.0. The Balaban J connectivity index is 2.15. The lowest BCUT2D eigenvalue weighted by Gasteiger charge is -2.24. The second-order valence-corrected chi connectivity index (χ2v) is 9.86. The Labute approximate surface area is 248 Å². The quantitative estimate of drug-likeness (QED) is 0.127. The third-order valence-electron chi connectivity index (χ3n) is 6.38. The van der Waals surface area contributed by atoms with Crippen molar-refractivity contribution in [2.75, 3.05) is 5.43 Å². The standard InChI is InChI=1S/C31H29F6N3O4/c1-4-18(3)11-26(41)27-29(44-17-19-9-7-6-8-10-19)28(42)23(16-40(27)39-21(5-2)14-31(35,36)37)30(43)38-15-22-24(33)12-20(32)13-25(22)34/h4-10,12-13,16,18,21,39H,1-2,11,14-15,17H2,3H3,(H,38,43)/t18-,21-/m0/s1. The fourth-order valence-electron chi connectivity index (χ4n) is 4.07. The van der Waals surface area contributed by atoms with Gasteiger partial charge in [-0.2, -0.15) is 13.2 Å². The van der Waals surface area contributed by atoms with Crippen LogP contribution in [0.15, 0.2) is 78.8 Å². The molecule has 2 aromatic carbocycles. The van der Waals surface area contributed by atoms with Crippen LogP contribution in [0.5, 0.6) is 5.75 Å². The highest BCUT2D eigenvalue weighted by Gasteiger charge is 2.33. The Morgan fingerprint density at radius 2 is 1.68 bits per heavy atom. The molecule has 234 valence electrons. The van der Waals surface area contributed by atoms with Gasteiger partial charge >= 0.3 is 6.18 Å². The number of Topliss-reactive ketones (excluding diaryl/α,β-unsaturated/α-hetero) is 1. The summed E-state index contributed by atoms with van der Waals surface area (Å²) in [7, 11) is 0. The molecule has 0 bridgehead atoms. The molecule has 44 heavy (non-hydrogen) atoms. The minimum Gasteiger partial charge on any atom is -0.483 e. The summed E-state index contributed by atoms with van der Waals surface area (Å²) in [5.41, 5.74) is -0.00822. The van der Waals surface area contributed by atoms with Gasteiger partial charge in [0.25, 0.3) is 5.91 Å². The fourth-order valence-corrected chi connectivity index (χ4v) is 4.07. The van der Waals surface area contributed by atoms with Crippen molar-refractivity contribution in [1.29, 1.82) is 0 Å². The Kier molecular flexibility index (Phi) is 11.2. The molecule has 3 aromatic rings. The van der Waals surface area contributed by atoms with E-state index in [9.17, 15) is 40.7 Å². The molecule has 7 nitrogen and oxygen atoms in total. The van der Waals surface area contributed by atoms with Crippen molar-refractivity contribution in [1.82, 2.24) is 9.99 Å². The lowest BCUT2D eigenvalue weighted by Crippen LogP contribution is -2.38. The molecule has 0 radical (unpaired) electrons. The van der Waals surface area contributed by atoms with Crippen LogP contribution in [0.4, 0.5) is 26.3 Å². The second kappa shape index (κ2) is 14.6. The first-order valence-corrected chi connectivity index (χ1v) is 13.2. The van der Waals surface area contributed by atoms with Crippen molar-refractivity contribution < 1.29 is 40.7 Å². The highest BCUT2D eigenvalue weighted by Crippen LogP contribution is 2.25. The molecular formula is C31H29F6N3O4. The van der Waals surface area contributed by atoms with Gasteiger partial charge in [-0.05, 0) is 11.5 Å². The summed E-state index contributed by atoms with van der Waals surface area (Å²) in [4.78, 5) is 40.3. The number of aromatic nitrogens is 1. The highest BCUT2D eigenvalue weighted by molar-refractivity contribution is 6.00. The largest absolute Gasteiger partial charge is 0.483 e. The molecule has 0 unspecified atom stereocenters. The zero-order chi connectivity index (χ0) is 32.6. The monoisotopic (exact) mass is 621 g/mol. The number of amides is 1. The number of ketones is 1. The van der Waals surface area contributed by atoms with Crippen LogP contribution in [0, 0.1) is 23.4 Å². The minimum absolute atomic E-state index is 0.223. The molecule has 3 rings (SSSR count). The van der Waals surface area contributed by atoms with E-state index < -0.39 is 88.2 Å². The van der Waals surface area contributed by atoms with Gasteiger partial charge in [-0.25, -0.2) is 13.2 Å². The number of hydrogen-bond acceptors (Lipinski definition) is 5. The molecule has 1 heterocycles. The van der Waals surface area contributed by atoms with Crippen molar-refractivity contribution in [3.8, 4) is 5.75 Å². The molecular weight excluding hydrogens is 592 g/mol. The predicted molar refractivity (Wildman–Crippen MR) is 151 cm³/mol. The summed E-state index contributed by atoms with van der Waals surface area (Å²) < 4.78 is 88.0. The number of alkyl halides is 3. The van der Waals surface area contributed by atoms with E-state index in [0.717, 1.165) is 16.9 Å². The zero-order valence-corrected chi connectivity index (χ0v) is 23.5. The molecule has 1 amide bonds. The van der Waals surface area contributed by atoms with Gasteiger partial charge in [-0.3, -0.25) is 19.1 Å². The van der Waals surface area contributed by atoms with E-state index in [4.69, 9.17) is 4.74 Å². The van der Waals surface area contributed by atoms with E-state index in [1.807, 2.05) is 0 Å². The van der Waals surface area contributed by atoms with Crippen LogP contribution in [0.25, 0.3) is 0 Å². The predicted octanol–water partition coefficient (Wildman–Crippen LogP) is 6.22. The number of nitrogens with zero attached hydrogens (tertiary/aromatic N) is 1. The smallest absolute Gasteiger partial charge is 0.391 e. The Morgan fingerprint density at radius 1 is 1.05 bits per heavy atom. The van der Waals surface area contributed by atoms with Crippen LogP contribution in [0.2, 0.25) is 0 Å². The molecule has 1 aromatic heterocycles. The first-order valence-electron chi connectivity index (χ1n) is 13.2. The van der Waals surface area contributed by atoms with Gasteiger partial charge in [0.05, 0.1) is 12.5 Å². The van der Waals surface area contributed by atoms with Crippen LogP contribution < -0.4 is 20.9 Å². The molecule has 0 aliphatic rings. The number of nitrogens with one attached hydrogen (secondary N) is 2. The maximum Gasteiger partial charge on any atom is 0.391 e. The zero-order valence-electron chi connectivity index (χ0n) is 23.5. The molecule has 2 N–H and O–H groups in total. The third kappa shape index (κ3) is 8.85. The van der Waals surface area contributed by atoms with Crippen LogP contribution in [-0.4, -0.2) is 28.6 Å². The van der Waals surface area contributed by atoms with Crippen molar-refractivity contribution >= 4 is 11.7 Å². The number of halogens is 6. The maximum atomic E-state index is 14.2. The van der Waals surface area contributed by atoms with Crippen LogP contribution in [0.3, 0.4) is 0 Å². The molecule has 2 atom stereocenters. The van der Waals surface area contributed by atoms with E-state index in [2.05, 4.69) is 23.9 Å². The van der Waals surface area contributed by atoms with Gasteiger partial charge in [0.15, 0.2) is 17.2 Å². The summed E-state index contributed by atoms with van der Waals surface area (Å²) in [6, 6.07) is 7.66. The minimum atomic E-state index is -4.66. The molecule has 0 aliphatic heterocycles. The number of pyridine rings is 1. The van der Waals surface area contributed by atoms with Gasteiger partial charge in [0.1, 0.15) is 29.6 Å². The highest BCUT2D eigenvalue weighted by atomic mass is 19.4. The van der Waals surface area contributed by atoms with E-state index in [1.165, 1.54) is 6.08 Å². The summed E-state index contributed by atoms with van der Waals surface area (Å²) in [5, 5.41) is 2.14. The van der Waals surface area contributed by atoms with E-state index in [0.29, 0.717) is 17.7 Å². The third-order valence-corrected chi connectivity index (χ3v) is 6.38. The van der Waals surface area contributed by atoms with Crippen molar-refractivity contribution in [3.05, 3.63) is 124 Å². The molecule has 0 fully saturated rings. The first kappa shape index (κ1) is 33.7. The summed E-state index contributed by atoms with van der Waals surface area (Å²) in [6.45, 7) is 7.58. The number of rotatable bonds is 14. The molecule has 0 saturated carbocycles. The van der Waals surface area contributed by atoms with Gasteiger partial charge in [0.2, 0.25) is 5.43 Å². The van der Waals surface area contributed by atoms with E-state index >= 15 is 0 Å². The number of benzene rings is 2. The summed E-state index contributed by atoms with van der Waals surface area (Å²) in [5.74, 6) is -6.78. The number of ether oxygens (including phenoxy) is 1. The second-order valence-electron chi connectivity index (χ2n) is 9.86. The average molecular weight is 622 g/mol. The first-order chi connectivity index (χ1) is 20.7. The van der Waals surface area contributed by atoms with Gasteiger partial charge in [0, 0.05) is 36.9 Å². The van der Waals surface area contributed by atoms with Gasteiger partial charge in [-0.15, -0.1) is 13.2 Å². The van der Waals surface area contributed by atoms with Crippen LogP contribution in [0.1, 0.15) is 51.7 Å². The van der Waals surface area contributed by atoms with Crippen molar-refractivity contribution in [2.45, 2.75) is 45.1 Å². The number of allylic oxidation sites excluding steroid dienone is 1. The van der Waals surface area contributed by atoms with Crippen molar-refractivity contribution in [2.24, 2.45) is 5.92 Å². The number of carbonyl (C=O) groups excluding carboxylic acids is 2. The molecule has 0 aliphatic carbocycles. The Morgan fingerprint density at radius 3 is 2.25 bits per heavy atom. The van der Waals surface area contributed by atoms with Crippen LogP contribution in [-0.2, 0) is 13.2 Å². The Hall–Kier alpha value is -4.81. The Bertz CT molecular complexity index is 1560. The maximum absolute atomic E-state index is 14.2. The lowest BCUT2D eigenvalue weighted by molar-refractivity contribution is -0.135. The van der Waals surface area contributed by atoms with E-state index in [-0.39, 0.29) is 13.0 Å². The van der Waals surface area contributed by atoms with Gasteiger partial charge < -0.3 is 15.5 Å². The SMILES string of the molecule is C=C[C@H](C)CC(=O)c1c(OCc2ccccc2)c(=O)c(C(=O)NCc2c(F)cc(F)cc2F)cn1N[C@@H](C=C)CC(F)(F)F. The van der Waals surface area contributed by atoms with Crippen molar-refractivity contribution in [3.63, 3.8) is 0 Å². The fraction of sp³-hybridized carbons (Fsp3) is 0.258. The summed E-state index contributed by atoms with van der Waals surface area (Å²) in [6.07, 6.45) is -3.13. The number of hydrogen-bond donors (Lipinski definition) is 2. The number of carbonyl (C=O) groups is 2. The average Bonchev–Trinajstić information content (AvgIpc) is 2.95. The summed E-state index contributed by atoms with van der Waals surface area (Å²) >= 11 is 0. The molecule has 13 heteroatoms. The van der Waals surface area contributed by atoms with Crippen LogP contribution >= 0.6 is 0 Å². The topological polar surface area (TPSA) is 89.4 Å². The van der Waals surface area contributed by atoms with Gasteiger partial charge in [-0.1, -0.05) is 49.4 Å².